The molecular weight excluding hydrogens is 256 g/mol. The molecule has 0 amide bonds. The van der Waals surface area contributed by atoms with E-state index in [9.17, 15) is 0 Å². The van der Waals surface area contributed by atoms with Crippen molar-refractivity contribution in [2.45, 2.75) is 46.6 Å². The standard InChI is InChI=1S/C19H28N2/c1-15(2)12-18(13-16(3)4)20-17-8-7-9-19(14-17)21-10-5-6-11-21/h5-11,14-16,18,20H,12-13H2,1-4H3. The van der Waals surface area contributed by atoms with Gasteiger partial charge < -0.3 is 9.88 Å². The molecule has 2 aromatic rings. The Morgan fingerprint density at radius 1 is 0.905 bits per heavy atom. The monoisotopic (exact) mass is 284 g/mol. The highest BCUT2D eigenvalue weighted by molar-refractivity contribution is 5.51. The molecule has 21 heavy (non-hydrogen) atoms. The zero-order valence-corrected chi connectivity index (χ0v) is 13.7. The van der Waals surface area contributed by atoms with E-state index in [0.717, 1.165) is 0 Å². The Kier molecular flexibility index (Phi) is 5.49. The van der Waals surface area contributed by atoms with Gasteiger partial charge in [0.1, 0.15) is 0 Å². The van der Waals surface area contributed by atoms with Gasteiger partial charge in [-0.25, -0.2) is 0 Å². The lowest BCUT2D eigenvalue weighted by Crippen LogP contribution is -2.23. The molecule has 2 nitrogen and oxygen atoms in total. The molecule has 0 fully saturated rings. The van der Waals surface area contributed by atoms with Gasteiger partial charge in [-0.15, -0.1) is 0 Å². The average molecular weight is 284 g/mol. The van der Waals surface area contributed by atoms with Crippen LogP contribution in [0.25, 0.3) is 5.69 Å². The normalized spacial score (nSPS) is 11.6. The summed E-state index contributed by atoms with van der Waals surface area (Å²) < 4.78 is 2.14. The van der Waals surface area contributed by atoms with Crippen molar-refractivity contribution in [1.29, 1.82) is 0 Å². The van der Waals surface area contributed by atoms with Crippen molar-refractivity contribution in [3.05, 3.63) is 48.8 Å². The van der Waals surface area contributed by atoms with E-state index < -0.39 is 0 Å². The zero-order valence-electron chi connectivity index (χ0n) is 13.7. The third-order valence-electron chi connectivity index (χ3n) is 3.63. The van der Waals surface area contributed by atoms with Crippen molar-refractivity contribution >= 4 is 5.69 Å². The van der Waals surface area contributed by atoms with Gasteiger partial charge in [0.05, 0.1) is 0 Å². The van der Waals surface area contributed by atoms with Gasteiger partial charge in [-0.1, -0.05) is 33.8 Å². The van der Waals surface area contributed by atoms with Crippen LogP contribution >= 0.6 is 0 Å². The lowest BCUT2D eigenvalue weighted by molar-refractivity contribution is 0.442. The minimum Gasteiger partial charge on any atom is -0.382 e. The number of hydrogen-bond acceptors (Lipinski definition) is 1. The van der Waals surface area contributed by atoms with Gasteiger partial charge in [-0.2, -0.15) is 0 Å². The maximum Gasteiger partial charge on any atom is 0.0469 e. The molecule has 0 aliphatic carbocycles. The molecule has 0 unspecified atom stereocenters. The molecule has 0 atom stereocenters. The fourth-order valence-corrected chi connectivity index (χ4v) is 2.85. The predicted octanol–water partition coefficient (Wildman–Crippen LogP) is 5.35. The van der Waals surface area contributed by atoms with E-state index in [1.54, 1.807) is 0 Å². The molecule has 0 aliphatic heterocycles. The number of nitrogens with one attached hydrogen (secondary N) is 1. The summed E-state index contributed by atoms with van der Waals surface area (Å²) in [5, 5.41) is 3.73. The summed E-state index contributed by atoms with van der Waals surface area (Å²) in [6, 6.07) is 13.3. The summed E-state index contributed by atoms with van der Waals surface area (Å²) in [6.45, 7) is 9.19. The molecule has 0 bridgehead atoms. The molecular formula is C19H28N2. The Morgan fingerprint density at radius 2 is 1.52 bits per heavy atom. The van der Waals surface area contributed by atoms with Crippen molar-refractivity contribution in [3.8, 4) is 5.69 Å². The number of aromatic nitrogens is 1. The van der Waals surface area contributed by atoms with Gasteiger partial charge in [0.2, 0.25) is 0 Å². The van der Waals surface area contributed by atoms with Crippen LogP contribution in [-0.2, 0) is 0 Å². The van der Waals surface area contributed by atoms with Gasteiger partial charge in [0.25, 0.3) is 0 Å². The second-order valence-corrected chi connectivity index (χ2v) is 6.74. The largest absolute Gasteiger partial charge is 0.382 e. The third kappa shape index (κ3) is 4.96. The zero-order chi connectivity index (χ0) is 15.2. The molecule has 0 saturated heterocycles. The summed E-state index contributed by atoms with van der Waals surface area (Å²) in [5.74, 6) is 1.43. The summed E-state index contributed by atoms with van der Waals surface area (Å²) >= 11 is 0. The predicted molar refractivity (Wildman–Crippen MR) is 92.1 cm³/mol. The first kappa shape index (κ1) is 15.7. The van der Waals surface area contributed by atoms with Gasteiger partial charge >= 0.3 is 0 Å². The first-order valence-electron chi connectivity index (χ1n) is 8.04. The fraction of sp³-hybridized carbons (Fsp3) is 0.474. The Bertz CT molecular complexity index is 516. The van der Waals surface area contributed by atoms with Crippen LogP contribution in [0.5, 0.6) is 0 Å². The van der Waals surface area contributed by atoms with Gasteiger partial charge in [-0.3, -0.25) is 0 Å². The maximum atomic E-state index is 3.73. The van der Waals surface area contributed by atoms with Crippen LogP contribution in [0.15, 0.2) is 48.8 Å². The van der Waals surface area contributed by atoms with Crippen molar-refractivity contribution in [2.24, 2.45) is 11.8 Å². The molecule has 2 rings (SSSR count). The van der Waals surface area contributed by atoms with Crippen LogP contribution in [-0.4, -0.2) is 10.6 Å². The summed E-state index contributed by atoms with van der Waals surface area (Å²) in [7, 11) is 0. The molecule has 1 aromatic carbocycles. The topological polar surface area (TPSA) is 17.0 Å². The number of anilines is 1. The second-order valence-electron chi connectivity index (χ2n) is 6.74. The molecule has 0 saturated carbocycles. The van der Waals surface area contributed by atoms with E-state index in [0.29, 0.717) is 17.9 Å². The Balaban J connectivity index is 2.11. The van der Waals surface area contributed by atoms with E-state index in [4.69, 9.17) is 0 Å². The minimum atomic E-state index is 0.546. The summed E-state index contributed by atoms with van der Waals surface area (Å²) in [5.41, 5.74) is 2.42. The SMILES string of the molecule is CC(C)CC(CC(C)C)Nc1cccc(-n2cccc2)c1. The Labute approximate surface area is 129 Å². The summed E-state index contributed by atoms with van der Waals surface area (Å²) in [6.07, 6.45) is 6.59. The average Bonchev–Trinajstić information content (AvgIpc) is 2.91. The minimum absolute atomic E-state index is 0.546. The molecule has 1 N–H and O–H groups in total. The molecule has 0 spiro atoms. The van der Waals surface area contributed by atoms with E-state index in [2.05, 4.69) is 86.4 Å². The second kappa shape index (κ2) is 7.35. The first-order valence-corrected chi connectivity index (χ1v) is 8.04. The Morgan fingerprint density at radius 3 is 2.10 bits per heavy atom. The number of nitrogens with zero attached hydrogens (tertiary/aromatic N) is 1. The highest BCUT2D eigenvalue weighted by atomic mass is 15.0. The van der Waals surface area contributed by atoms with Crippen LogP contribution in [0.4, 0.5) is 5.69 Å². The fourth-order valence-electron chi connectivity index (χ4n) is 2.85. The van der Waals surface area contributed by atoms with Crippen molar-refractivity contribution in [1.82, 2.24) is 4.57 Å². The number of hydrogen-bond donors (Lipinski definition) is 1. The first-order chi connectivity index (χ1) is 10.0. The number of rotatable bonds is 7. The molecule has 114 valence electrons. The van der Waals surface area contributed by atoms with Crippen molar-refractivity contribution in [3.63, 3.8) is 0 Å². The molecule has 0 aliphatic rings. The maximum absolute atomic E-state index is 3.73. The van der Waals surface area contributed by atoms with Gasteiger partial charge in [-0.05, 0) is 55.0 Å². The van der Waals surface area contributed by atoms with Crippen molar-refractivity contribution in [2.75, 3.05) is 5.32 Å². The quantitative estimate of drug-likeness (QED) is 0.725. The van der Waals surface area contributed by atoms with Gasteiger partial charge in [0.15, 0.2) is 0 Å². The van der Waals surface area contributed by atoms with Crippen LogP contribution in [0.3, 0.4) is 0 Å². The van der Waals surface area contributed by atoms with Crippen LogP contribution < -0.4 is 5.32 Å². The highest BCUT2D eigenvalue weighted by Gasteiger charge is 2.13. The van der Waals surface area contributed by atoms with Crippen LogP contribution in [0.2, 0.25) is 0 Å². The van der Waals surface area contributed by atoms with Crippen LogP contribution in [0.1, 0.15) is 40.5 Å². The highest BCUT2D eigenvalue weighted by Crippen LogP contribution is 2.21. The smallest absolute Gasteiger partial charge is 0.0469 e. The third-order valence-corrected chi connectivity index (χ3v) is 3.63. The molecule has 0 radical (unpaired) electrons. The van der Waals surface area contributed by atoms with E-state index in [-0.39, 0.29) is 0 Å². The molecule has 2 heteroatoms. The number of benzene rings is 1. The summed E-state index contributed by atoms with van der Waals surface area (Å²) in [4.78, 5) is 0. The molecule has 1 aromatic heterocycles. The van der Waals surface area contributed by atoms with E-state index in [1.807, 2.05) is 0 Å². The van der Waals surface area contributed by atoms with Crippen molar-refractivity contribution < 1.29 is 0 Å². The van der Waals surface area contributed by atoms with Gasteiger partial charge in [0, 0.05) is 29.8 Å². The van der Waals surface area contributed by atoms with E-state index in [1.165, 1.54) is 24.2 Å². The lowest BCUT2D eigenvalue weighted by atomic mass is 9.95. The van der Waals surface area contributed by atoms with E-state index >= 15 is 0 Å². The van der Waals surface area contributed by atoms with Crippen LogP contribution in [0, 0.1) is 11.8 Å². The lowest BCUT2D eigenvalue weighted by Gasteiger charge is -2.24. The molecule has 1 heterocycles. The Hall–Kier alpha value is -1.70.